The number of pyridine rings is 1. The van der Waals surface area contributed by atoms with Gasteiger partial charge in [0.1, 0.15) is 5.82 Å². The van der Waals surface area contributed by atoms with Gasteiger partial charge in [0.2, 0.25) is 0 Å². The summed E-state index contributed by atoms with van der Waals surface area (Å²) in [5.74, 6) is 0.430. The van der Waals surface area contributed by atoms with Crippen LogP contribution in [0.2, 0.25) is 0 Å². The first-order chi connectivity index (χ1) is 16.9. The van der Waals surface area contributed by atoms with E-state index in [9.17, 15) is 4.39 Å². The second-order valence-corrected chi connectivity index (χ2v) is 8.83. The predicted molar refractivity (Wildman–Crippen MR) is 140 cm³/mol. The molecule has 1 atom stereocenters. The second kappa shape index (κ2) is 13.2. The molecule has 1 aromatic carbocycles. The highest BCUT2D eigenvalue weighted by molar-refractivity contribution is 5.97. The van der Waals surface area contributed by atoms with Gasteiger partial charge in [0.05, 0.1) is 18.7 Å². The molecule has 2 saturated heterocycles. The van der Waals surface area contributed by atoms with E-state index in [1.54, 1.807) is 13.2 Å². The fourth-order valence-electron chi connectivity index (χ4n) is 4.27. The van der Waals surface area contributed by atoms with Crippen LogP contribution in [0.4, 0.5) is 4.39 Å². The van der Waals surface area contributed by atoms with Crippen molar-refractivity contribution in [3.63, 3.8) is 0 Å². The number of ether oxygens (including phenoxy) is 1. The van der Waals surface area contributed by atoms with Gasteiger partial charge in [0.25, 0.3) is 0 Å². The van der Waals surface area contributed by atoms with E-state index in [0.29, 0.717) is 11.9 Å². The Bertz CT molecular complexity index is 1090. The summed E-state index contributed by atoms with van der Waals surface area (Å²) < 4.78 is 18.7. The number of hydrogen-bond donors (Lipinski definition) is 0. The minimum Gasteiger partial charge on any atom is -0.379 e. The molecule has 188 valence electrons. The van der Waals surface area contributed by atoms with E-state index in [4.69, 9.17) is 4.74 Å². The summed E-state index contributed by atoms with van der Waals surface area (Å²) >= 11 is 0. The first-order valence-corrected chi connectivity index (χ1v) is 12.2. The molecule has 8 heteroatoms. The maximum Gasteiger partial charge on any atom is 0.176 e. The largest absolute Gasteiger partial charge is 0.379 e. The number of azo groups is 1. The van der Waals surface area contributed by atoms with Crippen LogP contribution in [0.1, 0.15) is 32.8 Å². The molecule has 0 spiro atoms. The molecule has 0 saturated carbocycles. The summed E-state index contributed by atoms with van der Waals surface area (Å²) in [6.07, 6.45) is 5.47. The van der Waals surface area contributed by atoms with Crippen LogP contribution in [-0.4, -0.2) is 73.1 Å². The lowest BCUT2D eigenvalue weighted by molar-refractivity contribution is 0.0191. The summed E-state index contributed by atoms with van der Waals surface area (Å²) in [7, 11) is 1.64. The van der Waals surface area contributed by atoms with Gasteiger partial charge in [-0.2, -0.15) is 5.11 Å². The van der Waals surface area contributed by atoms with Gasteiger partial charge in [-0.15, -0.1) is 5.11 Å². The lowest BCUT2D eigenvalue weighted by Gasteiger charge is -2.32. The highest BCUT2D eigenvalue weighted by atomic mass is 19.1. The van der Waals surface area contributed by atoms with Gasteiger partial charge in [-0.3, -0.25) is 9.88 Å². The molecule has 0 radical (unpaired) electrons. The minimum atomic E-state index is -0.159. The van der Waals surface area contributed by atoms with E-state index in [2.05, 4.69) is 43.5 Å². The third kappa shape index (κ3) is 7.50. The number of allylic oxidation sites excluding steroid dienone is 1. The summed E-state index contributed by atoms with van der Waals surface area (Å²) in [5, 5.41) is 8.78. The molecule has 0 aliphatic carbocycles. The third-order valence-corrected chi connectivity index (χ3v) is 6.33. The SMILES string of the molecule is C=C(C)C(N=NC)=N/C=C(\C)N1CCC(N2CCOCC2)C1.CCc1cc2cccnc2cc1F. The second-order valence-electron chi connectivity index (χ2n) is 8.83. The summed E-state index contributed by atoms with van der Waals surface area (Å²) in [5.41, 5.74) is 3.46. The highest BCUT2D eigenvalue weighted by Gasteiger charge is 2.28. The maximum atomic E-state index is 13.3. The Morgan fingerprint density at radius 3 is 2.71 bits per heavy atom. The Balaban J connectivity index is 0.000000223. The van der Waals surface area contributed by atoms with Gasteiger partial charge in [0.15, 0.2) is 5.84 Å². The van der Waals surface area contributed by atoms with Gasteiger partial charge < -0.3 is 9.64 Å². The zero-order valence-corrected chi connectivity index (χ0v) is 21.4. The van der Waals surface area contributed by atoms with Crippen molar-refractivity contribution in [3.8, 4) is 0 Å². The monoisotopic (exact) mass is 480 g/mol. The highest BCUT2D eigenvalue weighted by Crippen LogP contribution is 2.21. The first-order valence-electron chi connectivity index (χ1n) is 12.2. The third-order valence-electron chi connectivity index (χ3n) is 6.33. The number of hydrogen-bond acceptors (Lipinski definition) is 6. The molecule has 1 unspecified atom stereocenters. The van der Waals surface area contributed by atoms with Gasteiger partial charge in [-0.25, -0.2) is 9.38 Å². The summed E-state index contributed by atoms with van der Waals surface area (Å²) in [6, 6.07) is 7.79. The Kier molecular flexibility index (Phi) is 10.0. The predicted octanol–water partition coefficient (Wildman–Crippen LogP) is 5.25. The van der Waals surface area contributed by atoms with Crippen LogP contribution in [0.25, 0.3) is 10.9 Å². The molecule has 2 aliphatic heterocycles. The van der Waals surface area contributed by atoms with Gasteiger partial charge in [-0.1, -0.05) is 19.6 Å². The Labute approximate surface area is 208 Å². The van der Waals surface area contributed by atoms with E-state index in [1.165, 1.54) is 18.2 Å². The Morgan fingerprint density at radius 1 is 1.26 bits per heavy atom. The molecule has 3 heterocycles. The van der Waals surface area contributed by atoms with E-state index in [0.717, 1.165) is 67.9 Å². The van der Waals surface area contributed by atoms with Crippen LogP contribution in [0, 0.1) is 5.82 Å². The molecule has 35 heavy (non-hydrogen) atoms. The molecule has 0 amide bonds. The number of fused-ring (bicyclic) bond motifs is 1. The molecule has 4 rings (SSSR count). The molecule has 0 bridgehead atoms. The zero-order valence-electron chi connectivity index (χ0n) is 21.4. The van der Waals surface area contributed by atoms with Crippen molar-refractivity contribution in [1.29, 1.82) is 0 Å². The van der Waals surface area contributed by atoms with E-state index in [-0.39, 0.29) is 5.82 Å². The molecule has 0 N–H and O–H groups in total. The fourth-order valence-corrected chi connectivity index (χ4v) is 4.27. The van der Waals surface area contributed by atoms with Crippen molar-refractivity contribution >= 4 is 16.7 Å². The Morgan fingerprint density at radius 2 is 2.03 bits per heavy atom. The molecule has 7 nitrogen and oxygen atoms in total. The number of morpholine rings is 1. The molecule has 2 aromatic rings. The van der Waals surface area contributed by atoms with Gasteiger partial charge >= 0.3 is 0 Å². The van der Waals surface area contributed by atoms with Crippen LogP contribution in [0.5, 0.6) is 0 Å². The van der Waals surface area contributed by atoms with Crippen molar-refractivity contribution in [2.24, 2.45) is 15.2 Å². The van der Waals surface area contributed by atoms with Crippen molar-refractivity contribution in [1.82, 2.24) is 14.8 Å². The topological polar surface area (TPSA) is 65.7 Å². The number of rotatable bonds is 5. The quantitative estimate of drug-likeness (QED) is 0.333. The molecular formula is C27H37FN6O. The van der Waals surface area contributed by atoms with E-state index >= 15 is 0 Å². The molecule has 2 fully saturated rings. The van der Waals surface area contributed by atoms with Crippen LogP contribution < -0.4 is 0 Å². The normalized spacial score (nSPS) is 19.8. The van der Waals surface area contributed by atoms with Crippen molar-refractivity contribution in [2.75, 3.05) is 46.4 Å². The zero-order chi connectivity index (χ0) is 25.2. The van der Waals surface area contributed by atoms with Crippen LogP contribution in [0.3, 0.4) is 0 Å². The fraction of sp³-hybridized carbons (Fsp3) is 0.481. The van der Waals surface area contributed by atoms with Gasteiger partial charge in [-0.05, 0) is 50.0 Å². The minimum absolute atomic E-state index is 0.159. The lowest BCUT2D eigenvalue weighted by Crippen LogP contribution is -2.44. The number of aromatic nitrogens is 1. The number of likely N-dealkylation sites (tertiary alicyclic amines) is 1. The average molecular weight is 481 g/mol. The molecule has 1 aromatic heterocycles. The van der Waals surface area contributed by atoms with Crippen molar-refractivity contribution in [2.45, 2.75) is 39.7 Å². The van der Waals surface area contributed by atoms with Crippen molar-refractivity contribution < 1.29 is 9.13 Å². The van der Waals surface area contributed by atoms with Crippen LogP contribution in [-0.2, 0) is 11.2 Å². The Hall–Kier alpha value is -2.97. The first kappa shape index (κ1) is 26.6. The number of halogens is 1. The average Bonchev–Trinajstić information content (AvgIpc) is 3.37. The van der Waals surface area contributed by atoms with Gasteiger partial charge in [0, 0.05) is 68.8 Å². The number of aryl methyl sites for hydroxylation is 1. The standard InChI is InChI=1S/C16H27N5O.C11H10FN/c1-13(2)16(19-17-4)18-11-14(3)21-6-5-15(12-21)20-7-9-22-10-8-20;1-2-8-6-9-4-3-5-13-11(9)7-10(8)12/h11,15H,1,5-10,12H2,2-4H3;3-7H,2H2,1H3/b14-11+,18-16?,19-17?;. The maximum absolute atomic E-state index is 13.3. The van der Waals surface area contributed by atoms with Crippen LogP contribution >= 0.6 is 0 Å². The van der Waals surface area contributed by atoms with E-state index in [1.807, 2.05) is 38.2 Å². The molecular weight excluding hydrogens is 443 g/mol. The van der Waals surface area contributed by atoms with Crippen LogP contribution in [0.15, 0.2) is 69.7 Å². The number of amidine groups is 1. The molecule has 2 aliphatic rings. The number of nitrogens with zero attached hydrogens (tertiary/aromatic N) is 6. The lowest BCUT2D eigenvalue weighted by atomic mass is 10.1. The summed E-state index contributed by atoms with van der Waals surface area (Å²) in [4.78, 5) is 13.4. The van der Waals surface area contributed by atoms with Crippen molar-refractivity contribution in [3.05, 3.63) is 65.9 Å². The number of aliphatic imine (C=N–C) groups is 1. The van der Waals surface area contributed by atoms with E-state index < -0.39 is 0 Å². The summed E-state index contributed by atoms with van der Waals surface area (Å²) in [6.45, 7) is 15.8. The number of benzene rings is 1. The smallest absolute Gasteiger partial charge is 0.176 e.